The topological polar surface area (TPSA) is 123 Å². The summed E-state index contributed by atoms with van der Waals surface area (Å²) in [5.41, 5.74) is 8.16. The summed E-state index contributed by atoms with van der Waals surface area (Å²) in [7, 11) is -2.33. The van der Waals surface area contributed by atoms with Crippen LogP contribution in [0.3, 0.4) is 0 Å². The molecule has 8 nitrogen and oxygen atoms in total. The molecule has 0 aliphatic rings. The molecule has 11 heteroatoms. The Balaban J connectivity index is 1.61. The molecule has 0 saturated heterocycles. The van der Waals surface area contributed by atoms with Crippen molar-refractivity contribution in [1.29, 1.82) is 0 Å². The van der Waals surface area contributed by atoms with E-state index in [9.17, 15) is 13.2 Å². The maximum Gasteiger partial charge on any atom is 0.319 e. The normalized spacial score (nSPS) is 12.5. The van der Waals surface area contributed by atoms with Gasteiger partial charge in [0.15, 0.2) is 0 Å². The third-order valence-corrected chi connectivity index (χ3v) is 7.68. The van der Waals surface area contributed by atoms with Crippen LogP contribution in [0.25, 0.3) is 0 Å². The molecule has 0 saturated carbocycles. The van der Waals surface area contributed by atoms with Gasteiger partial charge in [-0.15, -0.1) is 0 Å². The van der Waals surface area contributed by atoms with Crippen molar-refractivity contribution in [3.8, 4) is 5.75 Å². The zero-order valence-electron chi connectivity index (χ0n) is 20.9. The summed E-state index contributed by atoms with van der Waals surface area (Å²) in [6.07, 6.45) is 0.668. The molecule has 0 spiro atoms. The molecule has 5 N–H and O–H groups in total. The number of hydrogen-bond donors (Lipinski definition) is 4. The lowest BCUT2D eigenvalue weighted by Gasteiger charge is -2.18. The van der Waals surface area contributed by atoms with Crippen LogP contribution in [0.4, 0.5) is 16.2 Å². The number of rotatable bonds is 9. The average molecular weight is 566 g/mol. The number of methoxy groups -OCH3 is 1. The molecule has 0 fully saturated rings. The first-order valence-corrected chi connectivity index (χ1v) is 13.6. The number of nitrogens with one attached hydrogen (secondary N) is 3. The van der Waals surface area contributed by atoms with Gasteiger partial charge < -0.3 is 21.1 Å². The van der Waals surface area contributed by atoms with Gasteiger partial charge in [0.1, 0.15) is 10.8 Å². The number of nitrogens with two attached hydrogens (primary N) is 1. The molecule has 37 heavy (non-hydrogen) atoms. The number of hydrogen-bond acceptors (Lipinski definition) is 5. The van der Waals surface area contributed by atoms with Crippen molar-refractivity contribution >= 4 is 50.6 Å². The number of ether oxygens (including phenoxy) is 1. The maximum absolute atomic E-state index is 12.8. The van der Waals surface area contributed by atoms with Crippen LogP contribution in [0, 0.1) is 0 Å². The Bertz CT molecular complexity index is 1360. The lowest BCUT2D eigenvalue weighted by molar-refractivity contribution is 0.249. The van der Waals surface area contributed by atoms with Crippen LogP contribution >= 0.6 is 23.2 Å². The Hall–Kier alpha value is -2.98. The summed E-state index contributed by atoms with van der Waals surface area (Å²) in [5, 5.41) is 6.00. The van der Waals surface area contributed by atoms with Crippen molar-refractivity contribution in [2.75, 3.05) is 17.1 Å². The van der Waals surface area contributed by atoms with Crippen LogP contribution in [-0.4, -0.2) is 27.1 Å². The second kappa shape index (κ2) is 11.6. The fraction of sp³-hybridized carbons (Fsp3) is 0.269. The first-order chi connectivity index (χ1) is 17.3. The number of anilines is 2. The zero-order valence-corrected chi connectivity index (χ0v) is 23.3. The molecule has 1 atom stereocenters. The van der Waals surface area contributed by atoms with Crippen molar-refractivity contribution in [2.24, 2.45) is 5.73 Å². The minimum absolute atomic E-state index is 0.0543. The first-order valence-electron chi connectivity index (χ1n) is 11.4. The van der Waals surface area contributed by atoms with Crippen molar-refractivity contribution in [2.45, 2.75) is 43.7 Å². The van der Waals surface area contributed by atoms with E-state index in [0.29, 0.717) is 29.1 Å². The fourth-order valence-electron chi connectivity index (χ4n) is 3.63. The van der Waals surface area contributed by atoms with E-state index in [-0.39, 0.29) is 20.5 Å². The van der Waals surface area contributed by atoms with Crippen LogP contribution in [0.2, 0.25) is 10.0 Å². The average Bonchev–Trinajstić information content (AvgIpc) is 2.81. The molecular formula is C26H30Cl2N4O4S. The van der Waals surface area contributed by atoms with Crippen LogP contribution in [-0.2, 0) is 16.4 Å². The van der Waals surface area contributed by atoms with Gasteiger partial charge in [0.2, 0.25) is 0 Å². The van der Waals surface area contributed by atoms with Gasteiger partial charge in [-0.05, 0) is 80.8 Å². The molecule has 2 amide bonds. The molecule has 3 aromatic carbocycles. The highest BCUT2D eigenvalue weighted by Gasteiger charge is 2.18. The number of carbonyl (C=O) groups is 1. The Kier molecular flexibility index (Phi) is 8.96. The van der Waals surface area contributed by atoms with Gasteiger partial charge >= 0.3 is 6.03 Å². The number of benzene rings is 3. The molecule has 0 radical (unpaired) electrons. The van der Waals surface area contributed by atoms with E-state index in [4.69, 9.17) is 33.7 Å². The van der Waals surface area contributed by atoms with E-state index in [1.165, 1.54) is 31.4 Å². The van der Waals surface area contributed by atoms with Gasteiger partial charge in [0.05, 0.1) is 23.1 Å². The van der Waals surface area contributed by atoms with Gasteiger partial charge in [-0.3, -0.25) is 4.72 Å². The van der Waals surface area contributed by atoms with Gasteiger partial charge in [-0.2, -0.15) is 0 Å². The third kappa shape index (κ3) is 7.75. The van der Waals surface area contributed by atoms with E-state index in [2.05, 4.69) is 15.4 Å². The summed E-state index contributed by atoms with van der Waals surface area (Å²) in [5.74, 6) is 0.434. The van der Waals surface area contributed by atoms with E-state index < -0.39 is 22.1 Å². The highest BCUT2D eigenvalue weighted by molar-refractivity contribution is 7.92. The minimum Gasteiger partial charge on any atom is -0.495 e. The van der Waals surface area contributed by atoms with Gasteiger partial charge in [-0.25, -0.2) is 13.2 Å². The molecule has 0 unspecified atom stereocenters. The third-order valence-electron chi connectivity index (χ3n) is 5.40. The lowest BCUT2D eigenvalue weighted by atomic mass is 9.96. The second-order valence-electron chi connectivity index (χ2n) is 9.30. The van der Waals surface area contributed by atoms with Gasteiger partial charge in [0, 0.05) is 16.9 Å². The van der Waals surface area contributed by atoms with Crippen LogP contribution < -0.4 is 25.8 Å². The van der Waals surface area contributed by atoms with Crippen molar-refractivity contribution in [3.05, 3.63) is 81.8 Å². The largest absolute Gasteiger partial charge is 0.495 e. The predicted octanol–water partition coefficient (Wildman–Crippen LogP) is 5.97. The summed E-state index contributed by atoms with van der Waals surface area (Å²) < 4.78 is 33.3. The summed E-state index contributed by atoms with van der Waals surface area (Å²) in [4.78, 5) is 12.5. The minimum atomic E-state index is -3.82. The van der Waals surface area contributed by atoms with E-state index >= 15 is 0 Å². The molecule has 3 aromatic rings. The predicted molar refractivity (Wildman–Crippen MR) is 149 cm³/mol. The molecular weight excluding hydrogens is 535 g/mol. The SMILES string of the molecule is COc1ccc([C@H](C)NC(=O)Nc2ccc(S(=O)(=O)Nc3ccc(CC(C)(C)N)cc3)cc2)c(Cl)c1Cl. The number of carbonyl (C=O) groups excluding carboxylic acids is 1. The molecule has 0 heterocycles. The lowest BCUT2D eigenvalue weighted by Crippen LogP contribution is -2.34. The van der Waals surface area contributed by atoms with Crippen LogP contribution in [0.15, 0.2) is 65.6 Å². The Morgan fingerprint density at radius 1 is 0.973 bits per heavy atom. The van der Waals surface area contributed by atoms with E-state index in [1.54, 1.807) is 31.2 Å². The van der Waals surface area contributed by atoms with Crippen molar-refractivity contribution in [1.82, 2.24) is 5.32 Å². The van der Waals surface area contributed by atoms with Crippen molar-refractivity contribution in [3.63, 3.8) is 0 Å². The number of sulfonamides is 1. The molecule has 0 aliphatic carbocycles. The monoisotopic (exact) mass is 564 g/mol. The molecule has 0 aliphatic heterocycles. The highest BCUT2D eigenvalue weighted by atomic mass is 35.5. The molecule has 0 aromatic heterocycles. The van der Waals surface area contributed by atoms with E-state index in [0.717, 1.165) is 5.56 Å². The second-order valence-corrected chi connectivity index (χ2v) is 11.7. The Labute approximate surface area is 227 Å². The number of urea groups is 1. The summed E-state index contributed by atoms with van der Waals surface area (Å²) in [6, 6.07) is 15.3. The smallest absolute Gasteiger partial charge is 0.319 e. The number of amides is 2. The van der Waals surface area contributed by atoms with Crippen LogP contribution in [0.1, 0.15) is 37.9 Å². The molecule has 0 bridgehead atoms. The Morgan fingerprint density at radius 2 is 1.57 bits per heavy atom. The maximum atomic E-state index is 12.8. The van der Waals surface area contributed by atoms with E-state index in [1.807, 2.05) is 26.0 Å². The van der Waals surface area contributed by atoms with Crippen molar-refractivity contribution < 1.29 is 17.9 Å². The quantitative estimate of drug-likeness (QED) is 0.255. The van der Waals surface area contributed by atoms with Gasteiger partial charge in [-0.1, -0.05) is 41.4 Å². The highest BCUT2D eigenvalue weighted by Crippen LogP contribution is 2.37. The summed E-state index contributed by atoms with van der Waals surface area (Å²) in [6.45, 7) is 5.62. The molecule has 3 rings (SSSR count). The number of halogens is 2. The summed E-state index contributed by atoms with van der Waals surface area (Å²) >= 11 is 12.5. The standard InChI is InChI=1S/C26H30Cl2N4O4S/c1-16(21-13-14-22(36-4)24(28)23(21)27)30-25(33)31-18-9-11-20(12-10-18)37(34,35)32-19-7-5-17(6-8-19)15-26(2,3)29/h5-14,16,32H,15,29H2,1-4H3,(H2,30,31,33)/t16-/m0/s1. The first kappa shape index (κ1) is 28.6. The van der Waals surface area contributed by atoms with Gasteiger partial charge in [0.25, 0.3) is 10.0 Å². The zero-order chi connectivity index (χ0) is 27.4. The Morgan fingerprint density at radius 3 is 2.14 bits per heavy atom. The van der Waals surface area contributed by atoms with Crippen LogP contribution in [0.5, 0.6) is 5.75 Å². The molecule has 198 valence electrons. The fourth-order valence-corrected chi connectivity index (χ4v) is 5.26.